The van der Waals surface area contributed by atoms with Crippen LogP contribution in [-0.4, -0.2) is 57.8 Å². The van der Waals surface area contributed by atoms with E-state index in [1.54, 1.807) is 62.5 Å². The van der Waals surface area contributed by atoms with Crippen LogP contribution < -0.4 is 9.64 Å². The van der Waals surface area contributed by atoms with Crippen molar-refractivity contribution >= 4 is 29.3 Å². The number of hydrogen-bond donors (Lipinski definition) is 0. The zero-order valence-electron chi connectivity index (χ0n) is 21.6. The number of hydrogen-bond acceptors (Lipinski definition) is 6. The number of halogens is 1. The van der Waals surface area contributed by atoms with Crippen LogP contribution in [-0.2, 0) is 16.1 Å². The van der Waals surface area contributed by atoms with Gasteiger partial charge in [-0.25, -0.2) is 9.78 Å². The van der Waals surface area contributed by atoms with Gasteiger partial charge in [0.05, 0.1) is 24.5 Å². The summed E-state index contributed by atoms with van der Waals surface area (Å²) in [5.74, 6) is 0.238. The summed E-state index contributed by atoms with van der Waals surface area (Å²) < 4.78 is 13.6. The molecule has 2 amide bonds. The van der Waals surface area contributed by atoms with Crippen LogP contribution in [0.1, 0.15) is 38.3 Å². The number of nitrogens with zero attached hydrogens (tertiary/aromatic N) is 5. The summed E-state index contributed by atoms with van der Waals surface area (Å²) in [7, 11) is 0. The second-order valence-electron chi connectivity index (χ2n) is 10.1. The highest BCUT2D eigenvalue weighted by molar-refractivity contribution is 6.30. The fourth-order valence-electron chi connectivity index (χ4n) is 4.22. The first-order valence-corrected chi connectivity index (χ1v) is 12.7. The molecule has 0 saturated carbocycles. The van der Waals surface area contributed by atoms with E-state index in [-0.39, 0.29) is 31.6 Å². The van der Waals surface area contributed by atoms with Crippen molar-refractivity contribution < 1.29 is 19.1 Å². The third-order valence-electron chi connectivity index (χ3n) is 5.99. The van der Waals surface area contributed by atoms with Crippen molar-refractivity contribution in [2.45, 2.75) is 45.4 Å². The van der Waals surface area contributed by atoms with Crippen LogP contribution in [0.25, 0.3) is 0 Å². The minimum absolute atomic E-state index is 0.129. The molecule has 0 spiro atoms. The van der Waals surface area contributed by atoms with Crippen molar-refractivity contribution in [1.29, 1.82) is 5.26 Å². The Kier molecular flexibility index (Phi) is 8.23. The number of carbonyl (C=O) groups excluding carboxylic acids is 2. The van der Waals surface area contributed by atoms with Gasteiger partial charge in [0.1, 0.15) is 24.0 Å². The first kappa shape index (κ1) is 27.0. The Morgan fingerprint density at radius 2 is 2.05 bits per heavy atom. The number of carbonyl (C=O) groups is 2. The Bertz CT molecular complexity index is 1330. The van der Waals surface area contributed by atoms with Gasteiger partial charge in [-0.1, -0.05) is 23.7 Å². The smallest absolute Gasteiger partial charge is 0.411 e. The molecule has 1 atom stereocenters. The molecule has 0 unspecified atom stereocenters. The van der Waals surface area contributed by atoms with E-state index in [0.29, 0.717) is 35.0 Å². The predicted molar refractivity (Wildman–Crippen MR) is 143 cm³/mol. The lowest BCUT2D eigenvalue weighted by Gasteiger charge is -2.41. The summed E-state index contributed by atoms with van der Waals surface area (Å²) in [5.41, 5.74) is 1.34. The van der Waals surface area contributed by atoms with Crippen LogP contribution in [0.3, 0.4) is 0 Å². The lowest BCUT2D eigenvalue weighted by Crippen LogP contribution is -2.59. The Morgan fingerprint density at radius 1 is 1.24 bits per heavy atom. The minimum Gasteiger partial charge on any atom is -0.492 e. The number of amides is 2. The van der Waals surface area contributed by atoms with Gasteiger partial charge in [-0.05, 0) is 56.7 Å². The van der Waals surface area contributed by atoms with Gasteiger partial charge in [-0.2, -0.15) is 5.26 Å². The Labute approximate surface area is 227 Å². The van der Waals surface area contributed by atoms with Crippen molar-refractivity contribution in [3.8, 4) is 11.8 Å². The molecule has 0 bridgehead atoms. The maximum Gasteiger partial charge on any atom is 0.411 e. The van der Waals surface area contributed by atoms with Crippen molar-refractivity contribution in [3.63, 3.8) is 0 Å². The third-order valence-corrected chi connectivity index (χ3v) is 6.22. The quantitative estimate of drug-likeness (QED) is 0.427. The molecule has 4 rings (SSSR count). The molecule has 1 aliphatic rings. The van der Waals surface area contributed by atoms with Gasteiger partial charge >= 0.3 is 6.09 Å². The zero-order chi connectivity index (χ0) is 27.3. The maximum atomic E-state index is 13.0. The van der Waals surface area contributed by atoms with Gasteiger partial charge in [-0.3, -0.25) is 9.69 Å². The van der Waals surface area contributed by atoms with E-state index in [1.165, 1.54) is 4.90 Å². The van der Waals surface area contributed by atoms with Crippen LogP contribution in [0.5, 0.6) is 5.75 Å². The van der Waals surface area contributed by atoms with E-state index >= 15 is 0 Å². The first-order chi connectivity index (χ1) is 18.1. The number of imidazole rings is 1. The van der Waals surface area contributed by atoms with E-state index in [4.69, 9.17) is 21.1 Å². The number of anilines is 1. The highest BCUT2D eigenvalue weighted by Crippen LogP contribution is 2.27. The van der Waals surface area contributed by atoms with Gasteiger partial charge in [0.15, 0.2) is 0 Å². The number of piperazine rings is 1. The van der Waals surface area contributed by atoms with Crippen LogP contribution >= 0.6 is 11.6 Å². The van der Waals surface area contributed by atoms with Crippen LogP contribution in [0.15, 0.2) is 61.2 Å². The molecule has 9 nitrogen and oxygen atoms in total. The van der Waals surface area contributed by atoms with Crippen molar-refractivity contribution in [2.24, 2.45) is 0 Å². The third kappa shape index (κ3) is 6.84. The van der Waals surface area contributed by atoms with Gasteiger partial charge in [-0.15, -0.1) is 0 Å². The van der Waals surface area contributed by atoms with Gasteiger partial charge in [0, 0.05) is 42.6 Å². The van der Waals surface area contributed by atoms with Crippen LogP contribution in [0, 0.1) is 11.3 Å². The van der Waals surface area contributed by atoms with Gasteiger partial charge < -0.3 is 18.9 Å². The molecule has 1 aromatic heterocycles. The van der Waals surface area contributed by atoms with E-state index in [9.17, 15) is 14.9 Å². The van der Waals surface area contributed by atoms with Gasteiger partial charge in [0.25, 0.3) is 0 Å². The van der Waals surface area contributed by atoms with Crippen LogP contribution in [0.4, 0.5) is 10.5 Å². The average Bonchev–Trinajstić information content (AvgIpc) is 3.37. The summed E-state index contributed by atoms with van der Waals surface area (Å²) >= 11 is 6.16. The summed E-state index contributed by atoms with van der Waals surface area (Å²) in [6, 6.07) is 14.3. The Morgan fingerprint density at radius 3 is 2.74 bits per heavy atom. The molecular formula is C28H30ClN5O4. The summed E-state index contributed by atoms with van der Waals surface area (Å²) in [6.07, 6.45) is 5.15. The topological polar surface area (TPSA) is 101 Å². The fourth-order valence-corrected chi connectivity index (χ4v) is 4.40. The SMILES string of the molecule is CC(C)(C)OC(=O)N1CC(=O)N(c2cccc(Cl)c2)C[C@@H]1CCOc1cc(Cn2ccnc2)ccc1C#N. The highest BCUT2D eigenvalue weighted by Gasteiger charge is 2.37. The average molecular weight is 536 g/mol. The molecule has 2 heterocycles. The molecule has 198 valence electrons. The Hall–Kier alpha value is -4.03. The lowest BCUT2D eigenvalue weighted by molar-refractivity contribution is -0.122. The minimum atomic E-state index is -0.706. The van der Waals surface area contributed by atoms with Crippen molar-refractivity contribution in [2.75, 3.05) is 24.6 Å². The number of aromatic nitrogens is 2. The molecule has 0 radical (unpaired) electrons. The van der Waals surface area contributed by atoms with E-state index in [2.05, 4.69) is 11.1 Å². The largest absolute Gasteiger partial charge is 0.492 e. The van der Waals surface area contributed by atoms with E-state index in [0.717, 1.165) is 5.56 Å². The first-order valence-electron chi connectivity index (χ1n) is 12.3. The number of benzene rings is 2. The van der Waals surface area contributed by atoms with Crippen molar-refractivity contribution in [1.82, 2.24) is 14.5 Å². The molecule has 10 heteroatoms. The second kappa shape index (κ2) is 11.6. The van der Waals surface area contributed by atoms with Crippen LogP contribution in [0.2, 0.25) is 5.02 Å². The molecule has 0 aliphatic carbocycles. The molecule has 1 saturated heterocycles. The summed E-state index contributed by atoms with van der Waals surface area (Å²) in [5, 5.41) is 10.1. The zero-order valence-corrected chi connectivity index (χ0v) is 22.4. The molecule has 0 N–H and O–H groups in total. The maximum absolute atomic E-state index is 13.0. The van der Waals surface area contributed by atoms with Crippen molar-refractivity contribution in [3.05, 3.63) is 77.3 Å². The standard InChI is InChI=1S/C28H30ClN5O4/c1-28(2,3)38-27(36)34-18-26(35)33(23-6-4-5-22(29)14-23)17-24(34)9-12-37-25-13-20(7-8-21(25)15-30)16-32-11-10-31-19-32/h4-8,10-11,13-14,19,24H,9,12,16-18H2,1-3H3/t24-/m0/s1. The molecule has 38 heavy (non-hydrogen) atoms. The number of ether oxygens (including phenoxy) is 2. The summed E-state index contributed by atoms with van der Waals surface area (Å²) in [6.45, 7) is 6.30. The molecule has 1 fully saturated rings. The van der Waals surface area contributed by atoms with E-state index in [1.807, 2.05) is 29.0 Å². The lowest BCUT2D eigenvalue weighted by atomic mass is 10.1. The number of rotatable bonds is 7. The predicted octanol–water partition coefficient (Wildman–Crippen LogP) is 4.88. The second-order valence-corrected chi connectivity index (χ2v) is 10.5. The highest BCUT2D eigenvalue weighted by atomic mass is 35.5. The Balaban J connectivity index is 1.50. The van der Waals surface area contributed by atoms with E-state index < -0.39 is 11.7 Å². The fraction of sp³-hybridized carbons (Fsp3) is 0.357. The molecule has 2 aromatic carbocycles. The monoisotopic (exact) mass is 535 g/mol. The normalized spacial score (nSPS) is 15.8. The summed E-state index contributed by atoms with van der Waals surface area (Å²) in [4.78, 5) is 33.2. The van der Waals surface area contributed by atoms with Gasteiger partial charge in [0.2, 0.25) is 5.91 Å². The number of nitriles is 1. The molecular weight excluding hydrogens is 506 g/mol. The molecule has 3 aromatic rings. The molecule has 1 aliphatic heterocycles.